The third-order valence-corrected chi connectivity index (χ3v) is 3.69. The van der Waals surface area contributed by atoms with Crippen molar-refractivity contribution in [3.8, 4) is 0 Å². The lowest BCUT2D eigenvalue weighted by molar-refractivity contribution is -0.152. The predicted molar refractivity (Wildman–Crippen MR) is 129 cm³/mol. The zero-order chi connectivity index (χ0) is 25.6. The molecule has 0 N–H and O–H groups in total. The zero-order valence-corrected chi connectivity index (χ0v) is 23.1. The van der Waals surface area contributed by atoms with Crippen LogP contribution < -0.4 is 0 Å². The molecule has 0 nitrogen and oxygen atoms in total. The minimum atomic E-state index is -4.02. The van der Waals surface area contributed by atoms with Gasteiger partial charge in [0.25, 0.3) is 0 Å². The van der Waals surface area contributed by atoms with Gasteiger partial charge in [0.2, 0.25) is 0 Å². The summed E-state index contributed by atoms with van der Waals surface area (Å²) in [6.07, 6.45) is -0.802. The molecule has 30 heavy (non-hydrogen) atoms. The van der Waals surface area contributed by atoms with Crippen LogP contribution in [0.4, 0.5) is 17.6 Å². The summed E-state index contributed by atoms with van der Waals surface area (Å²) in [5.41, 5.74) is 0.598. The summed E-state index contributed by atoms with van der Waals surface area (Å²) in [7, 11) is 0. The van der Waals surface area contributed by atoms with E-state index in [2.05, 4.69) is 55.4 Å². The first kappa shape index (κ1) is 37.1. The molecule has 0 bridgehead atoms. The molecule has 0 radical (unpaired) electrons. The van der Waals surface area contributed by atoms with E-state index in [1.165, 1.54) is 19.3 Å². The van der Waals surface area contributed by atoms with E-state index in [-0.39, 0.29) is 5.41 Å². The maximum atomic E-state index is 12.2. The van der Waals surface area contributed by atoms with Gasteiger partial charge in [0.1, 0.15) is 0 Å². The molecule has 0 aliphatic carbocycles. The van der Waals surface area contributed by atoms with Gasteiger partial charge in [0, 0.05) is 6.42 Å². The monoisotopic (exact) mass is 444 g/mol. The number of rotatable bonds is 2. The Kier molecular flexibility index (Phi) is 19.2. The van der Waals surface area contributed by atoms with Crippen LogP contribution in [0, 0.1) is 21.7 Å². The van der Waals surface area contributed by atoms with Crippen LogP contribution in [0.15, 0.2) is 0 Å². The van der Waals surface area contributed by atoms with Crippen molar-refractivity contribution >= 4 is 0 Å². The largest absolute Gasteiger partial charge is 0.389 e. The van der Waals surface area contributed by atoms with Gasteiger partial charge in [-0.15, -0.1) is 0 Å². The summed E-state index contributed by atoms with van der Waals surface area (Å²) in [6, 6.07) is 0. The Bertz CT molecular complexity index is 354. The average Bonchev–Trinajstić information content (AvgIpc) is 2.30. The third kappa shape index (κ3) is 63.0. The molecule has 0 aromatic heterocycles. The van der Waals surface area contributed by atoms with Crippen molar-refractivity contribution in [2.75, 3.05) is 0 Å². The van der Waals surface area contributed by atoms with Crippen LogP contribution in [-0.4, -0.2) is 12.3 Å². The van der Waals surface area contributed by atoms with Gasteiger partial charge in [-0.1, -0.05) is 110 Å². The molecular weight excluding hydrogens is 388 g/mol. The molecule has 0 aromatic rings. The highest BCUT2D eigenvalue weighted by Crippen LogP contribution is 2.31. The molecule has 1 atom stereocenters. The van der Waals surface area contributed by atoms with Crippen LogP contribution in [0.3, 0.4) is 0 Å². The van der Waals surface area contributed by atoms with E-state index in [4.69, 9.17) is 0 Å². The Morgan fingerprint density at radius 2 is 0.933 bits per heavy atom. The van der Waals surface area contributed by atoms with Gasteiger partial charge >= 0.3 is 6.18 Å². The van der Waals surface area contributed by atoms with Crippen molar-refractivity contribution in [1.29, 1.82) is 0 Å². The molecule has 0 fully saturated rings. The summed E-state index contributed by atoms with van der Waals surface area (Å²) >= 11 is 0. The fraction of sp³-hybridized carbons (Fsp3) is 1.00. The quantitative estimate of drug-likeness (QED) is 0.371. The SMILES string of the molecule is CC(C)(C)CC(F)(F)F.CC(F)CC(C)(C)C.CCC(C)(C)C.CCCC(C)(C)C. The van der Waals surface area contributed by atoms with Gasteiger partial charge in [-0.05, 0) is 41.4 Å². The molecular formula is C26H56F4. The molecule has 0 saturated carbocycles. The Morgan fingerprint density at radius 3 is 0.933 bits per heavy atom. The van der Waals surface area contributed by atoms with Crippen molar-refractivity contribution in [3.05, 3.63) is 0 Å². The van der Waals surface area contributed by atoms with Crippen molar-refractivity contribution in [1.82, 2.24) is 0 Å². The summed E-state index contributed by atoms with van der Waals surface area (Å²) in [6.45, 7) is 30.4. The summed E-state index contributed by atoms with van der Waals surface area (Å²) in [5, 5.41) is 0. The van der Waals surface area contributed by atoms with Crippen molar-refractivity contribution in [2.24, 2.45) is 21.7 Å². The Balaban J connectivity index is -0.000000152. The Hall–Kier alpha value is -0.280. The highest BCUT2D eigenvalue weighted by molar-refractivity contribution is 4.66. The van der Waals surface area contributed by atoms with Crippen LogP contribution >= 0.6 is 0 Å². The molecule has 0 heterocycles. The van der Waals surface area contributed by atoms with Crippen molar-refractivity contribution in [2.45, 2.75) is 148 Å². The van der Waals surface area contributed by atoms with Gasteiger partial charge in [-0.3, -0.25) is 0 Å². The first-order chi connectivity index (χ1) is 12.7. The first-order valence-electron chi connectivity index (χ1n) is 11.5. The number of hydrogen-bond acceptors (Lipinski definition) is 0. The Morgan fingerprint density at radius 1 is 0.600 bits per heavy atom. The second kappa shape index (κ2) is 15.5. The van der Waals surface area contributed by atoms with E-state index in [0.29, 0.717) is 17.3 Å². The zero-order valence-electron chi connectivity index (χ0n) is 23.1. The number of halogens is 4. The second-order valence-corrected chi connectivity index (χ2v) is 13.1. The highest BCUT2D eigenvalue weighted by atomic mass is 19.4. The molecule has 0 aromatic carbocycles. The molecule has 188 valence electrons. The van der Waals surface area contributed by atoms with E-state index in [0.717, 1.165) is 0 Å². The van der Waals surface area contributed by atoms with Crippen LogP contribution in [-0.2, 0) is 0 Å². The van der Waals surface area contributed by atoms with E-state index in [9.17, 15) is 17.6 Å². The maximum Gasteiger partial charge on any atom is 0.389 e. The lowest BCUT2D eigenvalue weighted by atomic mass is 9.90. The smallest absolute Gasteiger partial charge is 0.248 e. The molecule has 1 unspecified atom stereocenters. The van der Waals surface area contributed by atoms with Gasteiger partial charge < -0.3 is 0 Å². The van der Waals surface area contributed by atoms with Gasteiger partial charge in [0.05, 0.1) is 6.17 Å². The van der Waals surface area contributed by atoms with Gasteiger partial charge in [-0.25, -0.2) is 4.39 Å². The topological polar surface area (TPSA) is 0 Å². The fourth-order valence-corrected chi connectivity index (χ4v) is 2.20. The lowest BCUT2D eigenvalue weighted by Crippen LogP contribution is -2.18. The van der Waals surface area contributed by atoms with E-state index >= 15 is 0 Å². The molecule has 0 aliphatic heterocycles. The standard InChI is InChI=1S/C7H15F.C7H16.C6H11F3.C6H14/c1-6(8)5-7(2,3)4;1-5-6-7(2,3)4;1-5(2,3)4-6(7,8)9;1-5-6(2,3)4/h6H,5H2,1-4H3;5-6H2,1-4H3;4H2,1-3H3;5H2,1-4H3. The minimum Gasteiger partial charge on any atom is -0.248 e. The van der Waals surface area contributed by atoms with E-state index < -0.39 is 24.2 Å². The number of alkyl halides is 4. The summed E-state index contributed by atoms with van der Waals surface area (Å²) < 4.78 is 46.9. The first-order valence-corrected chi connectivity index (χ1v) is 11.5. The molecule has 0 amide bonds. The van der Waals surface area contributed by atoms with Crippen LogP contribution in [0.5, 0.6) is 0 Å². The molecule has 0 spiro atoms. The molecule has 0 saturated heterocycles. The molecule has 0 rings (SSSR count). The minimum absolute atomic E-state index is 0.147. The van der Waals surface area contributed by atoms with Crippen LogP contribution in [0.25, 0.3) is 0 Å². The van der Waals surface area contributed by atoms with Crippen molar-refractivity contribution < 1.29 is 17.6 Å². The highest BCUT2D eigenvalue weighted by Gasteiger charge is 2.33. The van der Waals surface area contributed by atoms with Gasteiger partial charge in [-0.2, -0.15) is 13.2 Å². The van der Waals surface area contributed by atoms with E-state index in [1.807, 2.05) is 20.8 Å². The second-order valence-electron chi connectivity index (χ2n) is 13.1. The Labute approximate surface area is 188 Å². The number of hydrogen-bond donors (Lipinski definition) is 0. The molecule has 0 aliphatic rings. The third-order valence-electron chi connectivity index (χ3n) is 3.69. The average molecular weight is 445 g/mol. The van der Waals surface area contributed by atoms with Gasteiger partial charge in [0.15, 0.2) is 0 Å². The van der Waals surface area contributed by atoms with E-state index in [1.54, 1.807) is 27.7 Å². The van der Waals surface area contributed by atoms with Crippen molar-refractivity contribution in [3.63, 3.8) is 0 Å². The predicted octanol–water partition coefficient (Wildman–Crippen LogP) is 11.0. The normalized spacial score (nSPS) is 13.7. The molecule has 4 heteroatoms. The summed E-state index contributed by atoms with van der Waals surface area (Å²) in [5.74, 6) is 0. The fourth-order valence-electron chi connectivity index (χ4n) is 2.20. The van der Waals surface area contributed by atoms with Crippen LogP contribution in [0.2, 0.25) is 0 Å². The van der Waals surface area contributed by atoms with Crippen LogP contribution in [0.1, 0.15) is 136 Å². The lowest BCUT2D eigenvalue weighted by Gasteiger charge is -2.19. The summed E-state index contributed by atoms with van der Waals surface area (Å²) in [4.78, 5) is 0. The maximum absolute atomic E-state index is 12.2.